The van der Waals surface area contributed by atoms with Gasteiger partial charge in [-0.05, 0) is 65.2 Å². The summed E-state index contributed by atoms with van der Waals surface area (Å²) in [7, 11) is 0. The average molecular weight is 321 g/mol. The van der Waals surface area contributed by atoms with Crippen LogP contribution in [-0.2, 0) is 0 Å². The van der Waals surface area contributed by atoms with Crippen LogP contribution in [0.15, 0.2) is 34.9 Å². The summed E-state index contributed by atoms with van der Waals surface area (Å²) in [6.45, 7) is 3.70. The number of hydrogen-bond donors (Lipinski definition) is 2. The molecule has 0 aliphatic rings. The van der Waals surface area contributed by atoms with Crippen LogP contribution in [0.1, 0.15) is 21.5 Å². The molecule has 2 N–H and O–H groups in total. The highest BCUT2D eigenvalue weighted by atomic mass is 79.9. The number of amides is 1. The number of phenolic OH excluding ortho intramolecular Hbond substituents is 1. The van der Waals surface area contributed by atoms with E-state index >= 15 is 0 Å². The number of nitrogens with one attached hydrogen (secondary N) is 1. The Morgan fingerprint density at radius 3 is 2.63 bits per heavy atom. The van der Waals surface area contributed by atoms with E-state index in [2.05, 4.69) is 26.2 Å². The van der Waals surface area contributed by atoms with Crippen molar-refractivity contribution < 1.29 is 9.90 Å². The highest BCUT2D eigenvalue weighted by Gasteiger charge is 2.10. The van der Waals surface area contributed by atoms with E-state index < -0.39 is 0 Å². The molecule has 0 saturated carbocycles. The average Bonchev–Trinajstić information content (AvgIpc) is 2.33. The van der Waals surface area contributed by atoms with E-state index in [0.717, 1.165) is 10.0 Å². The van der Waals surface area contributed by atoms with Crippen LogP contribution in [-0.4, -0.2) is 16.0 Å². The third-order valence-corrected chi connectivity index (χ3v) is 3.57. The molecule has 1 heterocycles. The Balaban J connectivity index is 2.23. The number of rotatable bonds is 2. The van der Waals surface area contributed by atoms with Crippen molar-refractivity contribution in [3.05, 3.63) is 51.6 Å². The van der Waals surface area contributed by atoms with Crippen LogP contribution in [0.25, 0.3) is 0 Å². The molecule has 0 bridgehead atoms. The van der Waals surface area contributed by atoms with Crippen molar-refractivity contribution in [2.45, 2.75) is 13.8 Å². The SMILES string of the molecule is Cc1cc(NC(=O)c2ccc(O)cc2C)ncc1Br. The summed E-state index contributed by atoms with van der Waals surface area (Å²) >= 11 is 3.36. The first-order valence-electron chi connectivity index (χ1n) is 5.70. The molecule has 0 atom stereocenters. The van der Waals surface area contributed by atoms with Crippen molar-refractivity contribution in [2.24, 2.45) is 0 Å². The number of aromatic hydroxyl groups is 1. The minimum Gasteiger partial charge on any atom is -0.508 e. The van der Waals surface area contributed by atoms with Gasteiger partial charge in [0.15, 0.2) is 0 Å². The Kier molecular flexibility index (Phi) is 3.85. The van der Waals surface area contributed by atoms with Gasteiger partial charge in [-0.3, -0.25) is 4.79 Å². The van der Waals surface area contributed by atoms with E-state index in [1.165, 1.54) is 6.07 Å². The summed E-state index contributed by atoms with van der Waals surface area (Å²) in [6.07, 6.45) is 1.65. The van der Waals surface area contributed by atoms with Gasteiger partial charge < -0.3 is 10.4 Å². The van der Waals surface area contributed by atoms with E-state index in [0.29, 0.717) is 16.9 Å². The molecule has 98 valence electrons. The van der Waals surface area contributed by atoms with Crippen LogP contribution in [0.5, 0.6) is 5.75 Å². The van der Waals surface area contributed by atoms with Gasteiger partial charge >= 0.3 is 0 Å². The highest BCUT2D eigenvalue weighted by Crippen LogP contribution is 2.19. The second kappa shape index (κ2) is 5.40. The quantitative estimate of drug-likeness (QED) is 0.891. The first kappa shape index (κ1) is 13.5. The van der Waals surface area contributed by atoms with Crippen LogP contribution in [0, 0.1) is 13.8 Å². The minimum absolute atomic E-state index is 0.145. The van der Waals surface area contributed by atoms with Gasteiger partial charge in [0.25, 0.3) is 5.91 Å². The van der Waals surface area contributed by atoms with Crippen LogP contribution in [0.2, 0.25) is 0 Å². The fraction of sp³-hybridized carbons (Fsp3) is 0.143. The molecule has 2 aromatic rings. The van der Waals surface area contributed by atoms with E-state index in [1.54, 1.807) is 31.3 Å². The molecule has 0 unspecified atom stereocenters. The normalized spacial score (nSPS) is 10.3. The Morgan fingerprint density at radius 2 is 2.00 bits per heavy atom. The highest BCUT2D eigenvalue weighted by molar-refractivity contribution is 9.10. The van der Waals surface area contributed by atoms with Crippen molar-refractivity contribution in [1.82, 2.24) is 4.98 Å². The number of aromatic nitrogens is 1. The number of anilines is 1. The lowest BCUT2D eigenvalue weighted by molar-refractivity contribution is 0.102. The molecule has 0 spiro atoms. The molecule has 5 heteroatoms. The number of carbonyl (C=O) groups is 1. The van der Waals surface area contributed by atoms with Gasteiger partial charge in [-0.1, -0.05) is 0 Å². The molecule has 1 amide bonds. The second-order valence-corrected chi connectivity index (χ2v) is 5.13. The third-order valence-electron chi connectivity index (χ3n) is 2.74. The number of halogens is 1. The monoisotopic (exact) mass is 320 g/mol. The topological polar surface area (TPSA) is 62.2 Å². The maximum atomic E-state index is 12.1. The maximum Gasteiger partial charge on any atom is 0.257 e. The number of pyridine rings is 1. The Labute approximate surface area is 119 Å². The van der Waals surface area contributed by atoms with Crippen molar-refractivity contribution in [3.8, 4) is 5.75 Å². The fourth-order valence-electron chi connectivity index (χ4n) is 1.69. The molecule has 0 aliphatic heterocycles. The molecular formula is C14H13BrN2O2. The number of hydrogen-bond acceptors (Lipinski definition) is 3. The zero-order valence-electron chi connectivity index (χ0n) is 10.6. The predicted octanol–water partition coefficient (Wildman–Crippen LogP) is 3.42. The van der Waals surface area contributed by atoms with E-state index in [9.17, 15) is 9.90 Å². The van der Waals surface area contributed by atoms with Crippen LogP contribution in [0.3, 0.4) is 0 Å². The number of nitrogens with zero attached hydrogens (tertiary/aromatic N) is 1. The Bertz CT molecular complexity index is 641. The van der Waals surface area contributed by atoms with Crippen molar-refractivity contribution >= 4 is 27.7 Å². The summed E-state index contributed by atoms with van der Waals surface area (Å²) in [4.78, 5) is 16.2. The molecule has 19 heavy (non-hydrogen) atoms. The van der Waals surface area contributed by atoms with Gasteiger partial charge in [0.2, 0.25) is 0 Å². The molecule has 2 rings (SSSR count). The van der Waals surface area contributed by atoms with Crippen LogP contribution in [0.4, 0.5) is 5.82 Å². The molecule has 0 saturated heterocycles. The van der Waals surface area contributed by atoms with Gasteiger partial charge in [0, 0.05) is 16.2 Å². The van der Waals surface area contributed by atoms with Crippen molar-refractivity contribution in [1.29, 1.82) is 0 Å². The van der Waals surface area contributed by atoms with Crippen molar-refractivity contribution in [3.63, 3.8) is 0 Å². The molecule has 1 aromatic carbocycles. The fourth-order valence-corrected chi connectivity index (χ4v) is 1.91. The van der Waals surface area contributed by atoms with Crippen molar-refractivity contribution in [2.75, 3.05) is 5.32 Å². The number of aryl methyl sites for hydroxylation is 2. The molecule has 0 fully saturated rings. The lowest BCUT2D eigenvalue weighted by atomic mass is 10.1. The summed E-state index contributed by atoms with van der Waals surface area (Å²) in [5.41, 5.74) is 2.22. The summed E-state index contributed by atoms with van der Waals surface area (Å²) in [5, 5.41) is 12.1. The predicted molar refractivity (Wildman–Crippen MR) is 77.5 cm³/mol. The van der Waals surface area contributed by atoms with Gasteiger partial charge in [0.1, 0.15) is 11.6 Å². The summed E-state index contributed by atoms with van der Waals surface area (Å²) in [6, 6.07) is 6.42. The van der Waals surface area contributed by atoms with Gasteiger partial charge in [-0.15, -0.1) is 0 Å². The summed E-state index contributed by atoms with van der Waals surface area (Å²) < 4.78 is 0.895. The second-order valence-electron chi connectivity index (χ2n) is 4.27. The molecule has 0 aliphatic carbocycles. The number of benzene rings is 1. The van der Waals surface area contributed by atoms with Gasteiger partial charge in [-0.2, -0.15) is 0 Å². The standard InChI is InChI=1S/C14H13BrN2O2/c1-8-5-10(18)3-4-11(8)14(19)17-13-6-9(2)12(15)7-16-13/h3-7,18H,1-2H3,(H,16,17,19). The minimum atomic E-state index is -0.244. The van der Waals surface area contributed by atoms with E-state index in [-0.39, 0.29) is 11.7 Å². The number of carbonyl (C=O) groups excluding carboxylic acids is 1. The zero-order valence-corrected chi connectivity index (χ0v) is 12.2. The van der Waals surface area contributed by atoms with E-state index in [4.69, 9.17) is 0 Å². The third kappa shape index (κ3) is 3.12. The Hall–Kier alpha value is -1.88. The lowest BCUT2D eigenvalue weighted by Gasteiger charge is -2.08. The summed E-state index contributed by atoms with van der Waals surface area (Å²) in [5.74, 6) is 0.400. The largest absolute Gasteiger partial charge is 0.508 e. The first-order chi connectivity index (χ1) is 8.97. The lowest BCUT2D eigenvalue weighted by Crippen LogP contribution is -2.14. The molecule has 1 aromatic heterocycles. The molecule has 4 nitrogen and oxygen atoms in total. The van der Waals surface area contributed by atoms with Crippen LogP contribution < -0.4 is 5.32 Å². The molecular weight excluding hydrogens is 308 g/mol. The zero-order chi connectivity index (χ0) is 14.0. The van der Waals surface area contributed by atoms with Crippen LogP contribution >= 0.6 is 15.9 Å². The van der Waals surface area contributed by atoms with E-state index in [1.807, 2.05) is 6.92 Å². The first-order valence-corrected chi connectivity index (χ1v) is 6.50. The molecule has 0 radical (unpaired) electrons. The Morgan fingerprint density at radius 1 is 1.26 bits per heavy atom. The maximum absolute atomic E-state index is 12.1. The number of phenols is 1. The smallest absolute Gasteiger partial charge is 0.257 e. The van der Waals surface area contributed by atoms with Gasteiger partial charge in [-0.25, -0.2) is 4.98 Å². The van der Waals surface area contributed by atoms with Gasteiger partial charge in [0.05, 0.1) is 0 Å².